The van der Waals surface area contributed by atoms with Crippen LogP contribution in [0.4, 0.5) is 5.69 Å². The monoisotopic (exact) mass is 591 g/mol. The highest BCUT2D eigenvalue weighted by molar-refractivity contribution is 9.10. The van der Waals surface area contributed by atoms with E-state index < -0.39 is 15.9 Å². The molecule has 38 heavy (non-hydrogen) atoms. The number of hydrogen-bond acceptors (Lipinski definition) is 6. The second kappa shape index (κ2) is 11.1. The van der Waals surface area contributed by atoms with Gasteiger partial charge >= 0.3 is 0 Å². The van der Waals surface area contributed by atoms with Gasteiger partial charge in [-0.2, -0.15) is 5.10 Å². The van der Waals surface area contributed by atoms with E-state index in [0.717, 1.165) is 10.0 Å². The highest BCUT2D eigenvalue weighted by atomic mass is 79.9. The number of benzene rings is 4. The number of nitrogens with zero attached hydrogens (tertiary/aromatic N) is 2. The van der Waals surface area contributed by atoms with Crippen molar-refractivity contribution in [3.8, 4) is 11.5 Å². The summed E-state index contributed by atoms with van der Waals surface area (Å²) in [6.07, 6.45) is 1.50. The molecule has 1 aliphatic heterocycles. The Labute approximate surface area is 228 Å². The van der Waals surface area contributed by atoms with E-state index in [9.17, 15) is 13.2 Å². The maximum atomic E-state index is 13.5. The summed E-state index contributed by atoms with van der Waals surface area (Å²) in [4.78, 5) is 12.8. The zero-order valence-corrected chi connectivity index (χ0v) is 22.4. The molecule has 5 rings (SSSR count). The molecule has 0 saturated heterocycles. The van der Waals surface area contributed by atoms with Gasteiger partial charge in [-0.3, -0.25) is 9.10 Å². The maximum absolute atomic E-state index is 13.5. The van der Waals surface area contributed by atoms with E-state index in [1.807, 2.05) is 6.07 Å². The summed E-state index contributed by atoms with van der Waals surface area (Å²) >= 11 is 3.45. The maximum Gasteiger partial charge on any atom is 0.271 e. The normalized spacial score (nSPS) is 12.4. The number of nitrogens with one attached hydrogen (secondary N) is 1. The summed E-state index contributed by atoms with van der Waals surface area (Å²) in [5, 5.41) is 4.04. The standard InChI is InChI=1S/C28H22BrN3O5S/c29-25-16-27-26(36-19-37-27)15-22(25)17-30-31-28(33)21-13-11-20(12-14-21)18-32(23-7-3-1-4-8-23)38(34,35)24-9-5-2-6-10-24/h1-17H,18-19H2,(H,31,33). The molecule has 4 aromatic rings. The molecule has 1 amide bonds. The lowest BCUT2D eigenvalue weighted by Gasteiger charge is -2.24. The number of carbonyl (C=O) groups excluding carboxylic acids is 1. The van der Waals surface area contributed by atoms with E-state index in [2.05, 4.69) is 26.5 Å². The number of fused-ring (bicyclic) bond motifs is 1. The Bertz CT molecular complexity index is 1580. The molecule has 4 aromatic carbocycles. The van der Waals surface area contributed by atoms with Gasteiger partial charge in [-0.15, -0.1) is 0 Å². The first-order valence-corrected chi connectivity index (χ1v) is 13.8. The lowest BCUT2D eigenvalue weighted by Crippen LogP contribution is -2.30. The van der Waals surface area contributed by atoms with E-state index in [1.54, 1.807) is 91.0 Å². The quantitative estimate of drug-likeness (QED) is 0.220. The molecule has 0 aromatic heterocycles. The van der Waals surface area contributed by atoms with Crippen LogP contribution in [-0.2, 0) is 16.6 Å². The van der Waals surface area contributed by atoms with Gasteiger partial charge in [0.2, 0.25) is 6.79 Å². The predicted octanol–water partition coefficient (Wildman–Crippen LogP) is 5.34. The van der Waals surface area contributed by atoms with Crippen molar-refractivity contribution in [2.24, 2.45) is 5.10 Å². The number of rotatable bonds is 8. The Hall–Kier alpha value is -4.15. The summed E-state index contributed by atoms with van der Waals surface area (Å²) in [5.74, 6) is 0.845. The van der Waals surface area contributed by atoms with Crippen molar-refractivity contribution in [3.05, 3.63) is 118 Å². The highest BCUT2D eigenvalue weighted by Gasteiger charge is 2.25. The van der Waals surface area contributed by atoms with Crippen molar-refractivity contribution in [1.29, 1.82) is 0 Å². The Kier molecular flexibility index (Phi) is 7.43. The van der Waals surface area contributed by atoms with Crippen LogP contribution in [0.1, 0.15) is 21.5 Å². The van der Waals surface area contributed by atoms with Crippen LogP contribution in [0.5, 0.6) is 11.5 Å². The number of anilines is 1. The molecule has 0 spiro atoms. The fourth-order valence-corrected chi connectivity index (χ4v) is 5.71. The zero-order chi connectivity index (χ0) is 26.5. The first-order chi connectivity index (χ1) is 18.4. The molecule has 0 aliphatic carbocycles. The Morgan fingerprint density at radius 3 is 2.24 bits per heavy atom. The number of sulfonamides is 1. The van der Waals surface area contributed by atoms with Gasteiger partial charge in [0.1, 0.15) is 0 Å². The van der Waals surface area contributed by atoms with Crippen molar-refractivity contribution >= 4 is 43.8 Å². The predicted molar refractivity (Wildman–Crippen MR) is 148 cm³/mol. The van der Waals surface area contributed by atoms with Crippen molar-refractivity contribution in [1.82, 2.24) is 5.43 Å². The van der Waals surface area contributed by atoms with E-state index in [0.29, 0.717) is 28.3 Å². The molecule has 0 unspecified atom stereocenters. The average Bonchev–Trinajstić information content (AvgIpc) is 3.40. The second-order valence-electron chi connectivity index (χ2n) is 8.28. The third kappa shape index (κ3) is 5.56. The first-order valence-electron chi connectivity index (χ1n) is 11.6. The Morgan fingerprint density at radius 2 is 1.55 bits per heavy atom. The van der Waals surface area contributed by atoms with Crippen LogP contribution >= 0.6 is 15.9 Å². The van der Waals surface area contributed by atoms with Crippen LogP contribution in [0.25, 0.3) is 0 Å². The number of halogens is 1. The molecular weight excluding hydrogens is 570 g/mol. The smallest absolute Gasteiger partial charge is 0.271 e. The first kappa shape index (κ1) is 25.5. The van der Waals surface area contributed by atoms with Gasteiger partial charge in [0.25, 0.3) is 15.9 Å². The molecule has 1 aliphatic rings. The topological polar surface area (TPSA) is 97.3 Å². The van der Waals surface area contributed by atoms with Crippen molar-refractivity contribution in [2.75, 3.05) is 11.1 Å². The number of hydrogen-bond donors (Lipinski definition) is 1. The SMILES string of the molecule is O=C(NN=Cc1cc2c(cc1Br)OCO2)c1ccc(CN(c2ccccc2)S(=O)(=O)c2ccccc2)cc1. The third-order valence-electron chi connectivity index (χ3n) is 5.78. The van der Waals surface area contributed by atoms with E-state index in [4.69, 9.17) is 9.47 Å². The van der Waals surface area contributed by atoms with Crippen LogP contribution in [0.3, 0.4) is 0 Å². The number of hydrazone groups is 1. The van der Waals surface area contributed by atoms with Gasteiger partial charge in [0.05, 0.1) is 23.3 Å². The molecular formula is C28H22BrN3O5S. The van der Waals surface area contributed by atoms with Gasteiger partial charge in [0.15, 0.2) is 11.5 Å². The van der Waals surface area contributed by atoms with Gasteiger partial charge in [0, 0.05) is 15.6 Å². The average molecular weight is 592 g/mol. The zero-order valence-electron chi connectivity index (χ0n) is 20.0. The molecule has 0 saturated carbocycles. The van der Waals surface area contributed by atoms with Crippen LogP contribution in [-0.4, -0.2) is 27.3 Å². The molecule has 0 radical (unpaired) electrons. The van der Waals surface area contributed by atoms with E-state index >= 15 is 0 Å². The summed E-state index contributed by atoms with van der Waals surface area (Å²) in [6, 6.07) is 27.5. The lowest BCUT2D eigenvalue weighted by atomic mass is 10.1. The number of carbonyl (C=O) groups is 1. The summed E-state index contributed by atoms with van der Waals surface area (Å²) < 4.78 is 39.7. The summed E-state index contributed by atoms with van der Waals surface area (Å²) in [5.41, 5.74) is 4.87. The number of para-hydroxylation sites is 1. The molecule has 0 fully saturated rings. The summed E-state index contributed by atoms with van der Waals surface area (Å²) in [7, 11) is -3.81. The van der Waals surface area contributed by atoms with E-state index in [-0.39, 0.29) is 18.2 Å². The highest BCUT2D eigenvalue weighted by Crippen LogP contribution is 2.36. The largest absolute Gasteiger partial charge is 0.454 e. The van der Waals surface area contributed by atoms with Crippen LogP contribution in [0, 0.1) is 0 Å². The Balaban J connectivity index is 1.30. The molecule has 0 bridgehead atoms. The van der Waals surface area contributed by atoms with Gasteiger partial charge < -0.3 is 9.47 Å². The van der Waals surface area contributed by atoms with Crippen LogP contribution in [0.15, 0.2) is 112 Å². The minimum atomic E-state index is -3.81. The van der Waals surface area contributed by atoms with Gasteiger partial charge in [-0.25, -0.2) is 13.8 Å². The van der Waals surface area contributed by atoms with Crippen LogP contribution in [0.2, 0.25) is 0 Å². The fraction of sp³-hybridized carbons (Fsp3) is 0.0714. The fourth-order valence-electron chi connectivity index (χ4n) is 3.81. The minimum absolute atomic E-state index is 0.0967. The molecule has 192 valence electrons. The second-order valence-corrected chi connectivity index (χ2v) is 11.0. The van der Waals surface area contributed by atoms with Crippen molar-refractivity contribution in [2.45, 2.75) is 11.4 Å². The number of amides is 1. The van der Waals surface area contributed by atoms with Gasteiger partial charge in [-0.05, 0) is 70.0 Å². The molecule has 8 nitrogen and oxygen atoms in total. The third-order valence-corrected chi connectivity index (χ3v) is 8.25. The Morgan fingerprint density at radius 1 is 0.921 bits per heavy atom. The van der Waals surface area contributed by atoms with Crippen molar-refractivity contribution < 1.29 is 22.7 Å². The van der Waals surface area contributed by atoms with E-state index in [1.165, 1.54) is 10.5 Å². The number of ether oxygens (including phenoxy) is 2. The minimum Gasteiger partial charge on any atom is -0.454 e. The molecule has 1 N–H and O–H groups in total. The van der Waals surface area contributed by atoms with Crippen LogP contribution < -0.4 is 19.2 Å². The molecule has 0 atom stereocenters. The van der Waals surface area contributed by atoms with Gasteiger partial charge in [-0.1, -0.05) is 48.5 Å². The lowest BCUT2D eigenvalue weighted by molar-refractivity contribution is 0.0955. The molecule has 10 heteroatoms. The molecule has 1 heterocycles. The summed E-state index contributed by atoms with van der Waals surface area (Å²) in [6.45, 7) is 0.260. The van der Waals surface area contributed by atoms with Crippen molar-refractivity contribution in [3.63, 3.8) is 0 Å².